The third-order valence-corrected chi connectivity index (χ3v) is 3.18. The van der Waals surface area contributed by atoms with Gasteiger partial charge in [-0.3, -0.25) is 0 Å². The number of hydrogen-bond donors (Lipinski definition) is 2. The van der Waals surface area contributed by atoms with Crippen molar-refractivity contribution >= 4 is 28.7 Å². The number of halogens is 1. The molecule has 0 atom stereocenters. The van der Waals surface area contributed by atoms with Crippen LogP contribution in [0.5, 0.6) is 5.75 Å². The first-order chi connectivity index (χ1) is 9.99. The van der Waals surface area contributed by atoms with Gasteiger partial charge in [0.15, 0.2) is 5.11 Å². The molecule has 0 unspecified atom stereocenters. The second-order valence-electron chi connectivity index (χ2n) is 4.77. The fraction of sp³-hybridized carbons (Fsp3) is 0.188. The van der Waals surface area contributed by atoms with Crippen LogP contribution >= 0.6 is 12.2 Å². The van der Waals surface area contributed by atoms with Gasteiger partial charge in [0, 0.05) is 0 Å². The fourth-order valence-corrected chi connectivity index (χ4v) is 2.15. The van der Waals surface area contributed by atoms with Crippen LogP contribution in [0.15, 0.2) is 36.4 Å². The molecular formula is C16H17FN2OS. The lowest BCUT2D eigenvalue weighted by molar-refractivity contribution is 0.417. The average molecular weight is 304 g/mol. The Kier molecular flexibility index (Phi) is 4.75. The van der Waals surface area contributed by atoms with Crippen LogP contribution < -0.4 is 15.4 Å². The van der Waals surface area contributed by atoms with Gasteiger partial charge in [-0.15, -0.1) is 0 Å². The highest BCUT2D eigenvalue weighted by atomic mass is 32.1. The zero-order valence-electron chi connectivity index (χ0n) is 12.2. The molecule has 2 aromatic carbocycles. The van der Waals surface area contributed by atoms with Crippen LogP contribution in [0.1, 0.15) is 11.1 Å². The van der Waals surface area contributed by atoms with Gasteiger partial charge in [-0.05, 0) is 61.5 Å². The maximum Gasteiger partial charge on any atom is 0.175 e. The van der Waals surface area contributed by atoms with E-state index >= 15 is 0 Å². The topological polar surface area (TPSA) is 33.3 Å². The SMILES string of the molecule is COc1ccc(C)cc1NC(=S)Nc1cc(C)ccc1F. The van der Waals surface area contributed by atoms with Gasteiger partial charge in [0.05, 0.1) is 18.5 Å². The number of ether oxygens (including phenoxy) is 1. The van der Waals surface area contributed by atoms with Crippen molar-refractivity contribution in [3.8, 4) is 5.75 Å². The predicted octanol–water partition coefficient (Wildman–Crippen LogP) is 4.26. The zero-order chi connectivity index (χ0) is 15.4. The summed E-state index contributed by atoms with van der Waals surface area (Å²) in [6.07, 6.45) is 0. The standard InChI is InChI=1S/C16H17FN2OS/c1-10-4-6-12(17)13(8-10)18-16(21)19-14-9-11(2)5-7-15(14)20-3/h4-9H,1-3H3,(H2,18,19,21). The molecule has 0 aromatic heterocycles. The molecule has 5 heteroatoms. The van der Waals surface area contributed by atoms with Gasteiger partial charge in [-0.25, -0.2) is 4.39 Å². The number of rotatable bonds is 3. The highest BCUT2D eigenvalue weighted by Crippen LogP contribution is 2.25. The van der Waals surface area contributed by atoms with E-state index in [2.05, 4.69) is 10.6 Å². The minimum absolute atomic E-state index is 0.309. The summed E-state index contributed by atoms with van der Waals surface area (Å²) in [4.78, 5) is 0. The first kappa shape index (κ1) is 15.3. The summed E-state index contributed by atoms with van der Waals surface area (Å²) in [5, 5.41) is 6.19. The lowest BCUT2D eigenvalue weighted by Gasteiger charge is -2.14. The van der Waals surface area contributed by atoms with Crippen molar-refractivity contribution in [1.29, 1.82) is 0 Å². The van der Waals surface area contributed by atoms with Crippen LogP contribution in [-0.2, 0) is 0 Å². The number of nitrogens with one attached hydrogen (secondary N) is 2. The minimum atomic E-state index is -0.346. The van der Waals surface area contributed by atoms with Crippen molar-refractivity contribution < 1.29 is 9.13 Å². The Hall–Kier alpha value is -2.14. The van der Waals surface area contributed by atoms with Crippen molar-refractivity contribution in [2.45, 2.75) is 13.8 Å². The molecule has 0 aliphatic rings. The van der Waals surface area contributed by atoms with Gasteiger partial charge in [0.2, 0.25) is 0 Å². The van der Waals surface area contributed by atoms with E-state index in [1.807, 2.05) is 32.0 Å². The van der Waals surface area contributed by atoms with Crippen LogP contribution in [-0.4, -0.2) is 12.2 Å². The number of benzene rings is 2. The summed E-state index contributed by atoms with van der Waals surface area (Å²) in [7, 11) is 1.59. The largest absolute Gasteiger partial charge is 0.495 e. The lowest BCUT2D eigenvalue weighted by atomic mass is 10.2. The molecule has 0 bridgehead atoms. The molecule has 2 aromatic rings. The van der Waals surface area contributed by atoms with E-state index in [1.54, 1.807) is 19.2 Å². The van der Waals surface area contributed by atoms with E-state index in [4.69, 9.17) is 17.0 Å². The maximum absolute atomic E-state index is 13.7. The number of hydrogen-bond acceptors (Lipinski definition) is 2. The summed E-state index contributed by atoms with van der Waals surface area (Å²) in [6.45, 7) is 3.87. The fourth-order valence-electron chi connectivity index (χ4n) is 1.93. The van der Waals surface area contributed by atoms with E-state index in [0.29, 0.717) is 16.5 Å². The molecule has 0 radical (unpaired) electrons. The summed E-state index contributed by atoms with van der Waals surface area (Å²) in [5.74, 6) is 0.329. The molecule has 0 fully saturated rings. The highest BCUT2D eigenvalue weighted by molar-refractivity contribution is 7.80. The Bertz CT molecular complexity index is 673. The van der Waals surface area contributed by atoms with Gasteiger partial charge in [0.25, 0.3) is 0 Å². The van der Waals surface area contributed by atoms with E-state index in [-0.39, 0.29) is 5.82 Å². The number of anilines is 2. The summed E-state index contributed by atoms with van der Waals surface area (Å²) in [6, 6.07) is 10.5. The zero-order valence-corrected chi connectivity index (χ0v) is 13.0. The van der Waals surface area contributed by atoms with Crippen molar-refractivity contribution in [2.75, 3.05) is 17.7 Å². The summed E-state index contributed by atoms with van der Waals surface area (Å²) >= 11 is 5.23. The average Bonchev–Trinajstić information content (AvgIpc) is 2.43. The first-order valence-electron chi connectivity index (χ1n) is 6.48. The van der Waals surface area contributed by atoms with Gasteiger partial charge in [0.1, 0.15) is 11.6 Å². The molecule has 0 amide bonds. The van der Waals surface area contributed by atoms with Crippen molar-refractivity contribution in [2.24, 2.45) is 0 Å². The minimum Gasteiger partial charge on any atom is -0.495 e. The van der Waals surface area contributed by atoms with E-state index in [1.165, 1.54) is 6.07 Å². The Morgan fingerprint density at radius 2 is 1.57 bits per heavy atom. The quantitative estimate of drug-likeness (QED) is 0.830. The van der Waals surface area contributed by atoms with Crippen molar-refractivity contribution in [1.82, 2.24) is 0 Å². The Morgan fingerprint density at radius 3 is 2.24 bits per heavy atom. The van der Waals surface area contributed by atoms with Crippen molar-refractivity contribution in [3.05, 3.63) is 53.3 Å². The second-order valence-corrected chi connectivity index (χ2v) is 5.17. The van der Waals surface area contributed by atoms with Gasteiger partial charge in [-0.1, -0.05) is 12.1 Å². The van der Waals surface area contributed by atoms with Gasteiger partial charge >= 0.3 is 0 Å². The third kappa shape index (κ3) is 3.92. The smallest absolute Gasteiger partial charge is 0.175 e. The molecule has 0 saturated carbocycles. The molecular weight excluding hydrogens is 287 g/mol. The number of aryl methyl sites for hydroxylation is 2. The molecule has 3 nitrogen and oxygen atoms in total. The van der Waals surface area contributed by atoms with Crippen LogP contribution in [0.25, 0.3) is 0 Å². The normalized spacial score (nSPS) is 10.1. The molecule has 2 N–H and O–H groups in total. The van der Waals surface area contributed by atoms with Gasteiger partial charge < -0.3 is 15.4 Å². The third-order valence-electron chi connectivity index (χ3n) is 2.97. The van der Waals surface area contributed by atoms with E-state index in [0.717, 1.165) is 16.8 Å². The number of thiocarbonyl (C=S) groups is 1. The molecule has 2 rings (SSSR count). The molecule has 0 aliphatic heterocycles. The van der Waals surface area contributed by atoms with Crippen LogP contribution in [0, 0.1) is 19.7 Å². The monoisotopic (exact) mass is 304 g/mol. The molecule has 0 heterocycles. The van der Waals surface area contributed by atoms with Crippen molar-refractivity contribution in [3.63, 3.8) is 0 Å². The maximum atomic E-state index is 13.7. The first-order valence-corrected chi connectivity index (χ1v) is 6.89. The summed E-state index contributed by atoms with van der Waals surface area (Å²) < 4.78 is 19.0. The van der Waals surface area contributed by atoms with Crippen LogP contribution in [0.4, 0.5) is 15.8 Å². The molecule has 0 spiro atoms. The summed E-state index contributed by atoms with van der Waals surface area (Å²) in [5.41, 5.74) is 3.11. The predicted molar refractivity (Wildman–Crippen MR) is 88.7 cm³/mol. The molecule has 110 valence electrons. The second kappa shape index (κ2) is 6.54. The van der Waals surface area contributed by atoms with E-state index in [9.17, 15) is 4.39 Å². The Labute approximate surface area is 129 Å². The lowest BCUT2D eigenvalue weighted by Crippen LogP contribution is -2.20. The Morgan fingerprint density at radius 1 is 1.00 bits per heavy atom. The van der Waals surface area contributed by atoms with E-state index < -0.39 is 0 Å². The number of methoxy groups -OCH3 is 1. The van der Waals surface area contributed by atoms with Crippen LogP contribution in [0.3, 0.4) is 0 Å². The van der Waals surface area contributed by atoms with Crippen LogP contribution in [0.2, 0.25) is 0 Å². The molecule has 0 aliphatic carbocycles. The Balaban J connectivity index is 2.15. The van der Waals surface area contributed by atoms with Gasteiger partial charge in [-0.2, -0.15) is 0 Å². The molecule has 0 saturated heterocycles. The molecule has 21 heavy (non-hydrogen) atoms. The highest BCUT2D eigenvalue weighted by Gasteiger charge is 2.08.